The number of benzene rings is 1. The van der Waals surface area contributed by atoms with Gasteiger partial charge in [0.1, 0.15) is 5.82 Å². The highest BCUT2D eigenvalue weighted by Crippen LogP contribution is 2.16. The molecule has 104 valence electrons. The summed E-state index contributed by atoms with van der Waals surface area (Å²) >= 11 is 0. The van der Waals surface area contributed by atoms with Crippen LogP contribution in [0.4, 0.5) is 0 Å². The largest absolute Gasteiger partial charge is 0.478 e. The topological polar surface area (TPSA) is 72.2 Å². The second kappa shape index (κ2) is 5.07. The van der Waals surface area contributed by atoms with E-state index in [0.717, 1.165) is 37.9 Å². The van der Waals surface area contributed by atoms with Crippen LogP contribution in [0.25, 0.3) is 10.9 Å². The molecule has 0 spiro atoms. The maximum atomic E-state index is 12.5. The van der Waals surface area contributed by atoms with Crippen LogP contribution in [0.2, 0.25) is 0 Å². The number of carbonyl (C=O) groups is 1. The van der Waals surface area contributed by atoms with Crippen LogP contribution in [-0.2, 0) is 13.0 Å². The molecule has 1 aliphatic heterocycles. The first-order chi connectivity index (χ1) is 9.66. The van der Waals surface area contributed by atoms with Gasteiger partial charge in [-0.15, -0.1) is 0 Å². The summed E-state index contributed by atoms with van der Waals surface area (Å²) in [4.78, 5) is 28.0. The maximum absolute atomic E-state index is 12.5. The Kier molecular flexibility index (Phi) is 3.26. The average molecular weight is 272 g/mol. The lowest BCUT2D eigenvalue weighted by molar-refractivity contribution is 0.0697. The molecule has 1 aliphatic rings. The van der Waals surface area contributed by atoms with Crippen LogP contribution in [0.15, 0.2) is 23.0 Å². The van der Waals surface area contributed by atoms with E-state index in [1.165, 1.54) is 12.1 Å². The summed E-state index contributed by atoms with van der Waals surface area (Å²) in [5, 5.41) is 9.52. The van der Waals surface area contributed by atoms with E-state index in [1.54, 1.807) is 10.6 Å². The summed E-state index contributed by atoms with van der Waals surface area (Å²) in [6, 6.07) is 4.52. The number of carboxylic acid groups (broad SMARTS) is 1. The Morgan fingerprint density at radius 1 is 1.20 bits per heavy atom. The van der Waals surface area contributed by atoms with Crippen LogP contribution in [-0.4, -0.2) is 20.6 Å². The number of fused-ring (bicyclic) bond motifs is 2. The smallest absolute Gasteiger partial charge is 0.335 e. The van der Waals surface area contributed by atoms with Crippen molar-refractivity contribution >= 4 is 16.9 Å². The molecule has 1 aromatic carbocycles. The van der Waals surface area contributed by atoms with Gasteiger partial charge in [0.2, 0.25) is 0 Å². The van der Waals surface area contributed by atoms with Crippen LogP contribution in [0, 0.1) is 0 Å². The third-order valence-electron chi connectivity index (χ3n) is 3.81. The lowest BCUT2D eigenvalue weighted by Gasteiger charge is -2.16. The molecule has 5 heteroatoms. The van der Waals surface area contributed by atoms with E-state index < -0.39 is 5.97 Å². The molecule has 5 nitrogen and oxygen atoms in total. The van der Waals surface area contributed by atoms with Gasteiger partial charge >= 0.3 is 5.97 Å². The number of aryl methyl sites for hydroxylation is 1. The molecule has 20 heavy (non-hydrogen) atoms. The van der Waals surface area contributed by atoms with Gasteiger partial charge in [-0.05, 0) is 31.0 Å². The normalized spacial score (nSPS) is 15.4. The van der Waals surface area contributed by atoms with Crippen molar-refractivity contribution in [3.63, 3.8) is 0 Å². The number of aromatic nitrogens is 2. The first-order valence-corrected chi connectivity index (χ1v) is 6.93. The van der Waals surface area contributed by atoms with E-state index in [-0.39, 0.29) is 11.1 Å². The molecule has 0 unspecified atom stereocenters. The van der Waals surface area contributed by atoms with Gasteiger partial charge in [0.05, 0.1) is 16.5 Å². The first-order valence-electron chi connectivity index (χ1n) is 6.93. The number of hydrogen-bond acceptors (Lipinski definition) is 3. The minimum atomic E-state index is -0.999. The zero-order valence-electron chi connectivity index (χ0n) is 11.1. The molecule has 2 aromatic rings. The van der Waals surface area contributed by atoms with Crippen molar-refractivity contribution in [3.8, 4) is 0 Å². The molecule has 1 N–H and O–H groups in total. The third-order valence-corrected chi connectivity index (χ3v) is 3.81. The van der Waals surface area contributed by atoms with Crippen molar-refractivity contribution in [3.05, 3.63) is 39.9 Å². The SMILES string of the molecule is O=C(O)c1ccc2c(=O)n3c(nc2c1)CCCCCC3. The lowest BCUT2D eigenvalue weighted by Crippen LogP contribution is -2.26. The summed E-state index contributed by atoms with van der Waals surface area (Å²) in [6.07, 6.45) is 5.09. The first kappa shape index (κ1) is 12.8. The molecule has 0 bridgehead atoms. The Bertz CT molecular complexity index is 734. The molecule has 0 saturated heterocycles. The zero-order chi connectivity index (χ0) is 14.1. The molecule has 3 rings (SSSR count). The Hall–Kier alpha value is -2.17. The number of hydrogen-bond donors (Lipinski definition) is 1. The van der Waals surface area contributed by atoms with Gasteiger partial charge in [0, 0.05) is 13.0 Å². The summed E-state index contributed by atoms with van der Waals surface area (Å²) in [6.45, 7) is 0.706. The molecule has 0 radical (unpaired) electrons. The summed E-state index contributed by atoms with van der Waals surface area (Å²) < 4.78 is 1.75. The minimum Gasteiger partial charge on any atom is -0.478 e. The Morgan fingerprint density at radius 2 is 2.00 bits per heavy atom. The van der Waals surface area contributed by atoms with E-state index in [2.05, 4.69) is 4.98 Å². The zero-order valence-corrected chi connectivity index (χ0v) is 11.1. The highest BCUT2D eigenvalue weighted by Gasteiger charge is 2.14. The van der Waals surface area contributed by atoms with Crippen molar-refractivity contribution < 1.29 is 9.90 Å². The summed E-state index contributed by atoms with van der Waals surface area (Å²) in [5.41, 5.74) is 0.603. The molecular weight excluding hydrogens is 256 g/mol. The van der Waals surface area contributed by atoms with Crippen molar-refractivity contribution in [1.29, 1.82) is 0 Å². The van der Waals surface area contributed by atoms with Gasteiger partial charge in [0.25, 0.3) is 5.56 Å². The second-order valence-corrected chi connectivity index (χ2v) is 5.19. The Balaban J connectivity index is 2.22. The fourth-order valence-corrected chi connectivity index (χ4v) is 2.73. The molecule has 1 aromatic heterocycles. The third kappa shape index (κ3) is 2.19. The molecular formula is C15H16N2O3. The van der Waals surface area contributed by atoms with Crippen LogP contribution >= 0.6 is 0 Å². The maximum Gasteiger partial charge on any atom is 0.335 e. The van der Waals surface area contributed by atoms with Crippen LogP contribution in [0.3, 0.4) is 0 Å². The van der Waals surface area contributed by atoms with E-state index in [1.807, 2.05) is 0 Å². The van der Waals surface area contributed by atoms with Crippen molar-refractivity contribution in [1.82, 2.24) is 9.55 Å². The monoisotopic (exact) mass is 272 g/mol. The van der Waals surface area contributed by atoms with E-state index in [9.17, 15) is 9.59 Å². The number of carboxylic acids is 1. The van der Waals surface area contributed by atoms with Crippen LogP contribution < -0.4 is 5.56 Å². The predicted octanol–water partition coefficient (Wildman–Crippen LogP) is 2.21. The molecule has 2 heterocycles. The highest BCUT2D eigenvalue weighted by molar-refractivity contribution is 5.92. The van der Waals surface area contributed by atoms with Crippen molar-refractivity contribution in [2.45, 2.75) is 38.6 Å². The van der Waals surface area contributed by atoms with Crippen LogP contribution in [0.5, 0.6) is 0 Å². The fourth-order valence-electron chi connectivity index (χ4n) is 2.73. The Labute approximate surface area is 115 Å². The predicted molar refractivity (Wildman–Crippen MR) is 75.1 cm³/mol. The molecule has 0 atom stereocenters. The van der Waals surface area contributed by atoms with Gasteiger partial charge in [-0.3, -0.25) is 9.36 Å². The van der Waals surface area contributed by atoms with Gasteiger partial charge < -0.3 is 5.11 Å². The molecule has 0 aliphatic carbocycles. The van der Waals surface area contributed by atoms with Gasteiger partial charge in [0.15, 0.2) is 0 Å². The quantitative estimate of drug-likeness (QED) is 0.864. The van der Waals surface area contributed by atoms with E-state index in [0.29, 0.717) is 17.4 Å². The molecule has 0 amide bonds. The number of rotatable bonds is 1. The molecule has 0 fully saturated rings. The molecule has 0 saturated carbocycles. The van der Waals surface area contributed by atoms with Gasteiger partial charge in [-0.25, -0.2) is 9.78 Å². The van der Waals surface area contributed by atoms with Crippen molar-refractivity contribution in [2.24, 2.45) is 0 Å². The summed E-state index contributed by atoms with van der Waals surface area (Å²) in [7, 11) is 0. The minimum absolute atomic E-state index is 0.0520. The number of aromatic carboxylic acids is 1. The summed E-state index contributed by atoms with van der Waals surface area (Å²) in [5.74, 6) is -0.217. The van der Waals surface area contributed by atoms with Crippen molar-refractivity contribution in [2.75, 3.05) is 0 Å². The van der Waals surface area contributed by atoms with Gasteiger partial charge in [-0.1, -0.05) is 12.8 Å². The highest BCUT2D eigenvalue weighted by atomic mass is 16.4. The Morgan fingerprint density at radius 3 is 2.80 bits per heavy atom. The van der Waals surface area contributed by atoms with Gasteiger partial charge in [-0.2, -0.15) is 0 Å². The van der Waals surface area contributed by atoms with E-state index >= 15 is 0 Å². The average Bonchev–Trinajstić information content (AvgIpc) is 2.40. The van der Waals surface area contributed by atoms with E-state index in [4.69, 9.17) is 5.11 Å². The van der Waals surface area contributed by atoms with Crippen LogP contribution in [0.1, 0.15) is 41.9 Å². The number of nitrogens with zero attached hydrogens (tertiary/aromatic N) is 2. The standard InChI is InChI=1S/C15H16N2O3/c18-14-11-7-6-10(15(19)20)9-12(11)16-13-5-3-1-2-4-8-17(13)14/h6-7,9H,1-5,8H2,(H,19,20). The lowest BCUT2D eigenvalue weighted by atomic mass is 10.1. The second-order valence-electron chi connectivity index (χ2n) is 5.19. The fraction of sp³-hybridized carbons (Fsp3) is 0.400.